The molecule has 9 heteroatoms. The summed E-state index contributed by atoms with van der Waals surface area (Å²) >= 11 is 2.35. The largest absolute Gasteiger partial charge is 0.481 e. The minimum absolute atomic E-state index is 0.125. The number of amides is 1. The van der Waals surface area contributed by atoms with Gasteiger partial charge >= 0.3 is 11.9 Å². The summed E-state index contributed by atoms with van der Waals surface area (Å²) in [7, 11) is 1.83. The predicted octanol–water partition coefficient (Wildman–Crippen LogP) is 5.71. The third kappa shape index (κ3) is 5.10. The Morgan fingerprint density at radius 2 is 1.92 bits per heavy atom. The fourth-order valence-electron chi connectivity index (χ4n) is 5.31. The number of benzene rings is 1. The molecule has 2 fully saturated rings. The van der Waals surface area contributed by atoms with Crippen molar-refractivity contribution in [3.8, 4) is 17.7 Å². The highest BCUT2D eigenvalue weighted by Gasteiger charge is 2.38. The van der Waals surface area contributed by atoms with Crippen LogP contribution < -0.4 is 9.64 Å². The number of fused-ring (bicyclic) bond motifs is 1. The topological polar surface area (TPSA) is 97.6 Å². The molecule has 2 heterocycles. The number of carbonyl (C=O) groups excluding carboxylic acids is 1. The Hall–Kier alpha value is -3.13. The summed E-state index contributed by atoms with van der Waals surface area (Å²) in [6, 6.07) is 7.97. The molecule has 2 aromatic heterocycles. The lowest BCUT2D eigenvalue weighted by Crippen LogP contribution is -2.28. The monoisotopic (exact) mass is 626 g/mol. The van der Waals surface area contributed by atoms with E-state index in [1.165, 1.54) is 3.57 Å². The summed E-state index contributed by atoms with van der Waals surface area (Å²) < 4.78 is 9.15. The highest BCUT2D eigenvalue weighted by molar-refractivity contribution is 14.1. The van der Waals surface area contributed by atoms with E-state index in [1.54, 1.807) is 16.5 Å². The normalized spacial score (nSPS) is 22.4. The molecule has 0 unspecified atom stereocenters. The van der Waals surface area contributed by atoms with E-state index < -0.39 is 5.97 Å². The summed E-state index contributed by atoms with van der Waals surface area (Å²) in [5.74, 6) is 5.88. The Morgan fingerprint density at radius 1 is 1.21 bits per heavy atom. The number of rotatable bonds is 6. The predicted molar refractivity (Wildman–Crippen MR) is 154 cm³/mol. The second kappa shape index (κ2) is 10.6. The van der Waals surface area contributed by atoms with Crippen LogP contribution in [0.1, 0.15) is 63.0 Å². The fourth-order valence-corrected chi connectivity index (χ4v) is 5.81. The first-order valence-electron chi connectivity index (χ1n) is 13.0. The molecule has 0 saturated heterocycles. The van der Waals surface area contributed by atoms with Crippen LogP contribution in [0.15, 0.2) is 24.3 Å². The maximum absolute atomic E-state index is 13.5. The molecule has 1 amide bonds. The van der Waals surface area contributed by atoms with Crippen LogP contribution in [0.3, 0.4) is 0 Å². The van der Waals surface area contributed by atoms with E-state index in [2.05, 4.69) is 58.6 Å². The number of aryl methyl sites for hydroxylation is 2. The molecule has 5 rings (SSSR count). The summed E-state index contributed by atoms with van der Waals surface area (Å²) in [5, 5.41) is 13.9. The molecule has 2 aliphatic rings. The molecule has 8 nitrogen and oxygen atoms in total. The quantitative estimate of drug-likeness (QED) is 0.278. The van der Waals surface area contributed by atoms with E-state index in [0.717, 1.165) is 28.8 Å². The zero-order valence-electron chi connectivity index (χ0n) is 22.0. The van der Waals surface area contributed by atoms with E-state index in [-0.39, 0.29) is 17.9 Å². The standard InChI is InChI=1S/C29H31IN4O4/c1-5-6-26(35)34(24-14-17(3)22(30)15-21(24)20-13-16(20)2)25-12-11-23-27(31-25)28(32-33(23)4)38-19-9-7-18(8-10-19)29(36)37/h11-12,14-16,18-20H,7-10,13H2,1-4H3,(H,36,37)/t16-,18?,19?,20-/m1/s1. The Balaban J connectivity index is 1.55. The Bertz CT molecular complexity index is 1480. The lowest BCUT2D eigenvalue weighted by molar-refractivity contribution is -0.143. The number of hydrogen-bond donors (Lipinski definition) is 1. The van der Waals surface area contributed by atoms with Crippen molar-refractivity contribution in [2.24, 2.45) is 18.9 Å². The molecule has 1 aromatic carbocycles. The van der Waals surface area contributed by atoms with Crippen molar-refractivity contribution in [3.63, 3.8) is 0 Å². The van der Waals surface area contributed by atoms with Crippen LogP contribution in [-0.4, -0.2) is 37.9 Å². The van der Waals surface area contributed by atoms with Crippen LogP contribution in [0.25, 0.3) is 11.0 Å². The second-order valence-electron chi connectivity index (χ2n) is 10.4. The van der Waals surface area contributed by atoms with Crippen molar-refractivity contribution < 1.29 is 19.4 Å². The molecule has 0 bridgehead atoms. The molecular formula is C29H31IN4O4. The number of carboxylic acids is 1. The summed E-state index contributed by atoms with van der Waals surface area (Å²) in [6.45, 7) is 5.93. The van der Waals surface area contributed by atoms with Gasteiger partial charge in [-0.05, 0) is 122 Å². The molecule has 2 aliphatic carbocycles. The number of halogens is 1. The Labute approximate surface area is 235 Å². The zero-order valence-corrected chi connectivity index (χ0v) is 24.2. The SMILES string of the molecule is CC#CC(=O)N(c1ccc2c(n1)c(OC1CCC(C(=O)O)CC1)nn2C)c1cc(C)c(I)cc1[C@@H]1C[C@H]1C. The van der Waals surface area contributed by atoms with Gasteiger partial charge < -0.3 is 9.84 Å². The van der Waals surface area contributed by atoms with Gasteiger partial charge in [-0.3, -0.25) is 19.2 Å². The third-order valence-corrected chi connectivity index (χ3v) is 8.84. The van der Waals surface area contributed by atoms with Crippen LogP contribution in [0.5, 0.6) is 5.88 Å². The average molecular weight is 626 g/mol. The number of ether oxygens (including phenoxy) is 1. The molecule has 0 aliphatic heterocycles. The molecule has 198 valence electrons. The molecule has 0 spiro atoms. The molecule has 0 radical (unpaired) electrons. The van der Waals surface area contributed by atoms with E-state index in [4.69, 9.17) is 9.72 Å². The van der Waals surface area contributed by atoms with Crippen LogP contribution in [0.2, 0.25) is 0 Å². The number of anilines is 2. The van der Waals surface area contributed by atoms with Crippen LogP contribution in [-0.2, 0) is 16.6 Å². The summed E-state index contributed by atoms with van der Waals surface area (Å²) in [5.41, 5.74) is 4.39. The van der Waals surface area contributed by atoms with Crippen LogP contribution in [0, 0.1) is 34.2 Å². The Morgan fingerprint density at radius 3 is 2.55 bits per heavy atom. The minimum atomic E-state index is -0.747. The molecule has 2 atom stereocenters. The fraction of sp³-hybridized carbons (Fsp3) is 0.448. The number of aliphatic carboxylic acids is 1. The smallest absolute Gasteiger partial charge is 0.308 e. The number of carboxylic acid groups (broad SMARTS) is 1. The molecule has 38 heavy (non-hydrogen) atoms. The van der Waals surface area contributed by atoms with Gasteiger partial charge in [-0.15, -0.1) is 5.10 Å². The average Bonchev–Trinajstić information content (AvgIpc) is 3.53. The highest BCUT2D eigenvalue weighted by atomic mass is 127. The van der Waals surface area contributed by atoms with E-state index in [9.17, 15) is 14.7 Å². The third-order valence-electron chi connectivity index (χ3n) is 7.67. The number of carbonyl (C=O) groups is 2. The van der Waals surface area contributed by atoms with Crippen molar-refractivity contribution in [1.82, 2.24) is 14.8 Å². The summed E-state index contributed by atoms with van der Waals surface area (Å²) in [4.78, 5) is 31.3. The van der Waals surface area contributed by atoms with Crippen molar-refractivity contribution in [1.29, 1.82) is 0 Å². The minimum Gasteiger partial charge on any atom is -0.481 e. The first kappa shape index (κ1) is 26.5. The van der Waals surface area contributed by atoms with Crippen molar-refractivity contribution in [2.45, 2.75) is 64.9 Å². The molecule has 3 aromatic rings. The van der Waals surface area contributed by atoms with Crippen molar-refractivity contribution in [3.05, 3.63) is 39.0 Å². The maximum Gasteiger partial charge on any atom is 0.308 e. The van der Waals surface area contributed by atoms with E-state index >= 15 is 0 Å². The van der Waals surface area contributed by atoms with Gasteiger partial charge in [0.2, 0.25) is 0 Å². The first-order valence-corrected chi connectivity index (χ1v) is 14.1. The molecular weight excluding hydrogens is 595 g/mol. The first-order chi connectivity index (χ1) is 18.2. The number of nitrogens with zero attached hydrogens (tertiary/aromatic N) is 4. The van der Waals surface area contributed by atoms with Crippen molar-refractivity contribution >= 4 is 57.0 Å². The highest BCUT2D eigenvalue weighted by Crippen LogP contribution is 2.51. The van der Waals surface area contributed by atoms with Gasteiger partial charge in [0.15, 0.2) is 5.52 Å². The lowest BCUT2D eigenvalue weighted by Gasteiger charge is -2.26. The van der Waals surface area contributed by atoms with Crippen LogP contribution in [0.4, 0.5) is 11.5 Å². The lowest BCUT2D eigenvalue weighted by atomic mass is 9.87. The number of hydrogen-bond acceptors (Lipinski definition) is 5. The van der Waals surface area contributed by atoms with Crippen LogP contribution >= 0.6 is 22.6 Å². The van der Waals surface area contributed by atoms with Gasteiger partial charge in [-0.25, -0.2) is 4.98 Å². The molecule has 1 N–H and O–H groups in total. The van der Waals surface area contributed by atoms with Gasteiger partial charge in [0.1, 0.15) is 11.9 Å². The van der Waals surface area contributed by atoms with Gasteiger partial charge in [-0.2, -0.15) is 0 Å². The van der Waals surface area contributed by atoms with Gasteiger partial charge in [0, 0.05) is 10.6 Å². The molecule has 2 saturated carbocycles. The maximum atomic E-state index is 13.5. The van der Waals surface area contributed by atoms with Gasteiger partial charge in [0.25, 0.3) is 5.88 Å². The number of pyridine rings is 1. The van der Waals surface area contributed by atoms with Gasteiger partial charge in [-0.1, -0.05) is 12.8 Å². The summed E-state index contributed by atoms with van der Waals surface area (Å²) in [6.07, 6.45) is 3.42. The second-order valence-corrected chi connectivity index (χ2v) is 11.6. The Kier molecular flexibility index (Phi) is 7.36. The zero-order chi connectivity index (χ0) is 27.1. The number of aromatic nitrogens is 3. The van der Waals surface area contributed by atoms with E-state index in [1.807, 2.05) is 26.1 Å². The van der Waals surface area contributed by atoms with Gasteiger partial charge in [0.05, 0.1) is 17.1 Å². The van der Waals surface area contributed by atoms with Crippen molar-refractivity contribution in [2.75, 3.05) is 4.90 Å². The van der Waals surface area contributed by atoms with E-state index in [0.29, 0.717) is 54.7 Å².